The monoisotopic (exact) mass is 318 g/mol. The predicted octanol–water partition coefficient (Wildman–Crippen LogP) is 4.57. The second-order valence-corrected chi connectivity index (χ2v) is 5.02. The molecule has 0 aliphatic carbocycles. The molecule has 1 amide bonds. The number of hydrogen-bond donors (Lipinski definition) is 1. The van der Waals surface area contributed by atoms with E-state index < -0.39 is 6.09 Å². The van der Waals surface area contributed by atoms with Gasteiger partial charge in [0.1, 0.15) is 24.0 Å². The van der Waals surface area contributed by atoms with Crippen LogP contribution in [0.5, 0.6) is 0 Å². The normalized spacial score (nSPS) is 9.96. The van der Waals surface area contributed by atoms with Gasteiger partial charge < -0.3 is 9.15 Å². The first-order chi connectivity index (χ1) is 11.8. The second-order valence-electron chi connectivity index (χ2n) is 5.02. The fourth-order valence-corrected chi connectivity index (χ4v) is 2.16. The van der Waals surface area contributed by atoms with Crippen molar-refractivity contribution in [2.45, 2.75) is 6.61 Å². The molecule has 0 fully saturated rings. The lowest BCUT2D eigenvalue weighted by Gasteiger charge is -2.05. The standard InChI is InChI=1S/C19H14N2O3/c20-12-16-11-17(15-9-5-2-6-10-15)24-18(16)21-19(22)23-13-14-7-3-1-4-8-14/h1-11H,13H2,(H,21,22). The van der Waals surface area contributed by atoms with Crippen molar-refractivity contribution < 1.29 is 13.9 Å². The average molecular weight is 318 g/mol. The Kier molecular flexibility index (Phi) is 4.59. The third-order valence-electron chi connectivity index (χ3n) is 3.34. The molecule has 1 N–H and O–H groups in total. The van der Waals surface area contributed by atoms with E-state index in [1.165, 1.54) is 0 Å². The molecule has 5 heteroatoms. The van der Waals surface area contributed by atoms with Crippen LogP contribution in [0.25, 0.3) is 11.3 Å². The summed E-state index contributed by atoms with van der Waals surface area (Å²) in [6.07, 6.45) is -0.677. The summed E-state index contributed by atoms with van der Waals surface area (Å²) in [7, 11) is 0. The number of hydrogen-bond acceptors (Lipinski definition) is 4. The zero-order valence-electron chi connectivity index (χ0n) is 12.7. The van der Waals surface area contributed by atoms with Crippen LogP contribution in [0.15, 0.2) is 71.1 Å². The minimum atomic E-state index is -0.677. The predicted molar refractivity (Wildman–Crippen MR) is 89.1 cm³/mol. The number of carbonyl (C=O) groups is 1. The fraction of sp³-hybridized carbons (Fsp3) is 0.0526. The first-order valence-corrected chi connectivity index (χ1v) is 7.33. The highest BCUT2D eigenvalue weighted by molar-refractivity contribution is 5.85. The van der Waals surface area contributed by atoms with E-state index in [1.54, 1.807) is 6.07 Å². The van der Waals surface area contributed by atoms with Gasteiger partial charge in [0.25, 0.3) is 0 Å². The number of ether oxygens (including phenoxy) is 1. The van der Waals surface area contributed by atoms with Crippen molar-refractivity contribution in [2.75, 3.05) is 5.32 Å². The number of nitrogens with zero attached hydrogens (tertiary/aromatic N) is 1. The molecule has 5 nitrogen and oxygen atoms in total. The van der Waals surface area contributed by atoms with Gasteiger partial charge in [-0.25, -0.2) is 4.79 Å². The van der Waals surface area contributed by atoms with Crippen molar-refractivity contribution in [3.8, 4) is 17.4 Å². The van der Waals surface area contributed by atoms with Gasteiger partial charge in [0, 0.05) is 11.6 Å². The third-order valence-corrected chi connectivity index (χ3v) is 3.34. The molecule has 3 aromatic rings. The molecule has 0 saturated carbocycles. The maximum Gasteiger partial charge on any atom is 0.414 e. The molecule has 2 aromatic carbocycles. The van der Waals surface area contributed by atoms with Crippen LogP contribution in [0.4, 0.5) is 10.7 Å². The van der Waals surface area contributed by atoms with Gasteiger partial charge in [0.05, 0.1) is 0 Å². The molecule has 0 bridgehead atoms. The number of nitriles is 1. The fourth-order valence-electron chi connectivity index (χ4n) is 2.16. The number of benzene rings is 2. The first kappa shape index (κ1) is 15.4. The van der Waals surface area contributed by atoms with Gasteiger partial charge in [-0.2, -0.15) is 5.26 Å². The summed E-state index contributed by atoms with van der Waals surface area (Å²) in [5.74, 6) is 0.583. The molecule has 118 valence electrons. The summed E-state index contributed by atoms with van der Waals surface area (Å²) in [4.78, 5) is 11.9. The van der Waals surface area contributed by atoms with Crippen molar-refractivity contribution in [3.05, 3.63) is 77.9 Å². The van der Waals surface area contributed by atoms with E-state index in [4.69, 9.17) is 9.15 Å². The Morgan fingerprint density at radius 1 is 1.08 bits per heavy atom. The highest BCUT2D eigenvalue weighted by atomic mass is 16.5. The minimum absolute atomic E-state index is 0.0782. The summed E-state index contributed by atoms with van der Waals surface area (Å²) in [6, 6.07) is 22.2. The van der Waals surface area contributed by atoms with Gasteiger partial charge in [-0.15, -0.1) is 0 Å². The molecule has 0 unspecified atom stereocenters. The van der Waals surface area contributed by atoms with E-state index in [2.05, 4.69) is 5.32 Å². The minimum Gasteiger partial charge on any atom is -0.444 e. The van der Waals surface area contributed by atoms with Crippen LogP contribution < -0.4 is 5.32 Å². The maximum atomic E-state index is 11.9. The zero-order valence-corrected chi connectivity index (χ0v) is 12.7. The maximum absolute atomic E-state index is 11.9. The van der Waals surface area contributed by atoms with Crippen molar-refractivity contribution in [1.82, 2.24) is 0 Å². The molecular formula is C19H14N2O3. The van der Waals surface area contributed by atoms with E-state index in [0.29, 0.717) is 5.76 Å². The van der Waals surface area contributed by atoms with Crippen LogP contribution >= 0.6 is 0 Å². The molecule has 1 aromatic heterocycles. The number of furan rings is 1. The average Bonchev–Trinajstić information content (AvgIpc) is 3.04. The Balaban J connectivity index is 1.69. The topological polar surface area (TPSA) is 75.3 Å². The summed E-state index contributed by atoms with van der Waals surface area (Å²) in [6.45, 7) is 0.140. The Bertz CT molecular complexity index is 865. The quantitative estimate of drug-likeness (QED) is 0.764. The van der Waals surface area contributed by atoms with Crippen LogP contribution in [0.3, 0.4) is 0 Å². The van der Waals surface area contributed by atoms with Crippen molar-refractivity contribution in [1.29, 1.82) is 5.26 Å². The summed E-state index contributed by atoms with van der Waals surface area (Å²) < 4.78 is 10.7. The SMILES string of the molecule is N#Cc1cc(-c2ccccc2)oc1NC(=O)OCc1ccccc1. The second kappa shape index (κ2) is 7.16. The summed E-state index contributed by atoms with van der Waals surface area (Å²) in [5, 5.41) is 11.7. The lowest BCUT2D eigenvalue weighted by atomic mass is 10.1. The molecule has 0 saturated heterocycles. The van der Waals surface area contributed by atoms with Crippen LogP contribution in [0.1, 0.15) is 11.1 Å². The molecule has 0 aliphatic heterocycles. The molecule has 0 radical (unpaired) electrons. The van der Waals surface area contributed by atoms with Crippen LogP contribution in [0.2, 0.25) is 0 Å². The summed E-state index contributed by atoms with van der Waals surface area (Å²) >= 11 is 0. The Hall–Kier alpha value is -3.52. The van der Waals surface area contributed by atoms with E-state index in [1.807, 2.05) is 66.7 Å². The molecule has 0 atom stereocenters. The highest BCUT2D eigenvalue weighted by Gasteiger charge is 2.15. The Labute approximate surface area is 139 Å². The van der Waals surface area contributed by atoms with Crippen molar-refractivity contribution in [2.24, 2.45) is 0 Å². The molecule has 24 heavy (non-hydrogen) atoms. The number of rotatable bonds is 4. The van der Waals surface area contributed by atoms with Crippen LogP contribution in [-0.2, 0) is 11.3 Å². The number of carbonyl (C=O) groups excluding carboxylic acids is 1. The lowest BCUT2D eigenvalue weighted by Crippen LogP contribution is -2.13. The number of nitrogens with one attached hydrogen (secondary N) is 1. The zero-order chi connectivity index (χ0) is 16.8. The molecular weight excluding hydrogens is 304 g/mol. The van der Waals surface area contributed by atoms with Gasteiger partial charge in [-0.05, 0) is 5.56 Å². The molecule has 3 rings (SSSR count). The number of anilines is 1. The van der Waals surface area contributed by atoms with E-state index in [9.17, 15) is 10.1 Å². The lowest BCUT2D eigenvalue weighted by molar-refractivity contribution is 0.154. The van der Waals surface area contributed by atoms with Crippen LogP contribution in [-0.4, -0.2) is 6.09 Å². The Morgan fingerprint density at radius 2 is 1.75 bits per heavy atom. The third kappa shape index (κ3) is 3.62. The molecule has 0 aliphatic rings. The number of amides is 1. The molecule has 0 spiro atoms. The van der Waals surface area contributed by atoms with Crippen molar-refractivity contribution >= 4 is 12.0 Å². The largest absolute Gasteiger partial charge is 0.444 e. The molecule has 1 heterocycles. The van der Waals surface area contributed by atoms with Gasteiger partial charge in [0.15, 0.2) is 0 Å². The van der Waals surface area contributed by atoms with Gasteiger partial charge in [-0.1, -0.05) is 60.7 Å². The Morgan fingerprint density at radius 3 is 2.42 bits per heavy atom. The highest BCUT2D eigenvalue weighted by Crippen LogP contribution is 2.28. The van der Waals surface area contributed by atoms with Gasteiger partial charge in [0.2, 0.25) is 5.88 Å². The van der Waals surface area contributed by atoms with Crippen molar-refractivity contribution in [3.63, 3.8) is 0 Å². The first-order valence-electron chi connectivity index (χ1n) is 7.33. The summed E-state index contributed by atoms with van der Waals surface area (Å²) in [5.41, 5.74) is 1.93. The smallest absolute Gasteiger partial charge is 0.414 e. The van der Waals surface area contributed by atoms with Gasteiger partial charge >= 0.3 is 6.09 Å². The van der Waals surface area contributed by atoms with Gasteiger partial charge in [-0.3, -0.25) is 5.32 Å². The van der Waals surface area contributed by atoms with E-state index in [0.717, 1.165) is 11.1 Å². The van der Waals surface area contributed by atoms with E-state index >= 15 is 0 Å². The van der Waals surface area contributed by atoms with Crippen LogP contribution in [0, 0.1) is 11.3 Å². The van der Waals surface area contributed by atoms with E-state index in [-0.39, 0.29) is 18.1 Å².